The van der Waals surface area contributed by atoms with Gasteiger partial charge in [-0.2, -0.15) is 4.98 Å². The Morgan fingerprint density at radius 2 is 1.95 bits per heavy atom. The van der Waals surface area contributed by atoms with Crippen molar-refractivity contribution in [2.75, 3.05) is 7.11 Å². The lowest BCUT2D eigenvalue weighted by Crippen LogP contribution is -2.15. The van der Waals surface area contributed by atoms with Gasteiger partial charge in [-0.1, -0.05) is 12.1 Å². The highest BCUT2D eigenvalue weighted by Crippen LogP contribution is 2.13. The van der Waals surface area contributed by atoms with E-state index >= 15 is 0 Å². The Morgan fingerprint density at radius 3 is 2.55 bits per heavy atom. The highest BCUT2D eigenvalue weighted by Gasteiger charge is 2.06. The average Bonchev–Trinajstić information content (AvgIpc) is 2.45. The molecule has 3 N–H and O–H groups in total. The minimum absolute atomic E-state index is 0.107. The lowest BCUT2D eigenvalue weighted by Gasteiger charge is -2.07. The number of amidine groups is 1. The zero-order chi connectivity index (χ0) is 14.5. The van der Waals surface area contributed by atoms with Crippen LogP contribution in [-0.2, 0) is 6.61 Å². The van der Waals surface area contributed by atoms with E-state index in [2.05, 4.69) is 9.97 Å². The van der Waals surface area contributed by atoms with E-state index in [0.717, 1.165) is 11.3 Å². The van der Waals surface area contributed by atoms with Gasteiger partial charge in [0, 0.05) is 5.69 Å². The Balaban J connectivity index is 2.08. The van der Waals surface area contributed by atoms with E-state index in [1.165, 1.54) is 0 Å². The summed E-state index contributed by atoms with van der Waals surface area (Å²) < 4.78 is 10.6. The minimum atomic E-state index is -0.107. The van der Waals surface area contributed by atoms with Crippen LogP contribution in [0.1, 0.15) is 17.0 Å². The Morgan fingerprint density at radius 1 is 1.25 bits per heavy atom. The van der Waals surface area contributed by atoms with Crippen LogP contribution in [0.4, 0.5) is 0 Å². The van der Waals surface area contributed by atoms with E-state index in [1.54, 1.807) is 20.1 Å². The summed E-state index contributed by atoms with van der Waals surface area (Å²) in [5.41, 5.74) is 7.45. The Kier molecular flexibility index (Phi) is 4.14. The van der Waals surface area contributed by atoms with Gasteiger partial charge in [0.15, 0.2) is 0 Å². The van der Waals surface area contributed by atoms with Crippen molar-refractivity contribution in [1.29, 1.82) is 5.41 Å². The van der Waals surface area contributed by atoms with Gasteiger partial charge in [0.25, 0.3) is 0 Å². The van der Waals surface area contributed by atoms with E-state index in [9.17, 15) is 0 Å². The molecule has 1 heterocycles. The quantitative estimate of drug-likeness (QED) is 0.637. The molecule has 0 aliphatic heterocycles. The molecule has 2 aromatic rings. The third-order valence-corrected chi connectivity index (χ3v) is 2.64. The standard InChI is InChI=1S/C14H16N4O2/c1-9-7-12(13(15)16)18-14(17-9)20-8-10-3-5-11(19-2)6-4-10/h3-7H,8H2,1-2H3,(H3,15,16). The summed E-state index contributed by atoms with van der Waals surface area (Å²) in [6, 6.07) is 9.38. The number of ether oxygens (including phenoxy) is 2. The molecule has 2 rings (SSSR count). The summed E-state index contributed by atoms with van der Waals surface area (Å²) in [7, 11) is 1.62. The average molecular weight is 272 g/mol. The first-order valence-electron chi connectivity index (χ1n) is 6.04. The molecule has 0 bridgehead atoms. The van der Waals surface area contributed by atoms with Crippen LogP contribution < -0.4 is 15.2 Å². The van der Waals surface area contributed by atoms with Crippen molar-refractivity contribution in [2.24, 2.45) is 5.73 Å². The molecule has 6 heteroatoms. The second-order valence-electron chi connectivity index (χ2n) is 4.23. The van der Waals surface area contributed by atoms with Gasteiger partial charge in [0.2, 0.25) is 0 Å². The summed E-state index contributed by atoms with van der Waals surface area (Å²) in [6.07, 6.45) is 0. The predicted molar refractivity (Wildman–Crippen MR) is 75.1 cm³/mol. The van der Waals surface area contributed by atoms with Gasteiger partial charge in [-0.25, -0.2) is 4.98 Å². The van der Waals surface area contributed by atoms with Gasteiger partial charge in [0.05, 0.1) is 7.11 Å². The fourth-order valence-electron chi connectivity index (χ4n) is 1.61. The Hall–Kier alpha value is -2.63. The molecule has 0 saturated carbocycles. The number of nitrogens with two attached hydrogens (primary N) is 1. The first-order chi connectivity index (χ1) is 9.58. The Bertz CT molecular complexity index is 611. The van der Waals surface area contributed by atoms with Crippen LogP contribution in [0.2, 0.25) is 0 Å². The largest absolute Gasteiger partial charge is 0.497 e. The summed E-state index contributed by atoms with van der Waals surface area (Å²) in [5, 5.41) is 7.39. The van der Waals surface area contributed by atoms with Gasteiger partial charge < -0.3 is 15.2 Å². The van der Waals surface area contributed by atoms with Crippen molar-refractivity contribution in [3.63, 3.8) is 0 Å². The van der Waals surface area contributed by atoms with Gasteiger partial charge in [-0.15, -0.1) is 0 Å². The molecule has 0 fully saturated rings. The molecule has 0 unspecified atom stereocenters. The maximum atomic E-state index is 7.39. The van der Waals surface area contributed by atoms with Crippen molar-refractivity contribution < 1.29 is 9.47 Å². The number of aryl methyl sites for hydroxylation is 1. The molecule has 6 nitrogen and oxygen atoms in total. The maximum absolute atomic E-state index is 7.39. The second-order valence-corrected chi connectivity index (χ2v) is 4.23. The van der Waals surface area contributed by atoms with Crippen LogP contribution in [0.25, 0.3) is 0 Å². The molecule has 0 spiro atoms. The lowest BCUT2D eigenvalue weighted by molar-refractivity contribution is 0.279. The minimum Gasteiger partial charge on any atom is -0.497 e. The van der Waals surface area contributed by atoms with Crippen molar-refractivity contribution in [2.45, 2.75) is 13.5 Å². The molecular formula is C14H16N4O2. The molecule has 1 aromatic carbocycles. The van der Waals surface area contributed by atoms with Crippen LogP contribution in [0.5, 0.6) is 11.8 Å². The van der Waals surface area contributed by atoms with Crippen LogP contribution in [0.15, 0.2) is 30.3 Å². The highest BCUT2D eigenvalue weighted by atomic mass is 16.5. The van der Waals surface area contributed by atoms with Crippen molar-refractivity contribution in [1.82, 2.24) is 9.97 Å². The smallest absolute Gasteiger partial charge is 0.317 e. The van der Waals surface area contributed by atoms with E-state index in [4.69, 9.17) is 20.6 Å². The van der Waals surface area contributed by atoms with Crippen molar-refractivity contribution in [3.8, 4) is 11.8 Å². The van der Waals surface area contributed by atoms with E-state index in [0.29, 0.717) is 18.0 Å². The second kappa shape index (κ2) is 6.01. The molecule has 0 aliphatic carbocycles. The predicted octanol–water partition coefficient (Wildman–Crippen LogP) is 1.66. The summed E-state index contributed by atoms with van der Waals surface area (Å²) in [6.45, 7) is 2.14. The van der Waals surface area contributed by atoms with Gasteiger partial charge >= 0.3 is 6.01 Å². The van der Waals surface area contributed by atoms with E-state index in [-0.39, 0.29) is 11.8 Å². The summed E-state index contributed by atoms with van der Waals surface area (Å²) in [4.78, 5) is 8.23. The number of hydrogen-bond acceptors (Lipinski definition) is 5. The zero-order valence-corrected chi connectivity index (χ0v) is 11.4. The first-order valence-corrected chi connectivity index (χ1v) is 6.04. The number of nitrogens with one attached hydrogen (secondary N) is 1. The van der Waals surface area contributed by atoms with Crippen molar-refractivity contribution >= 4 is 5.84 Å². The monoisotopic (exact) mass is 272 g/mol. The number of benzene rings is 1. The topological polar surface area (TPSA) is 94.1 Å². The number of methoxy groups -OCH3 is 1. The lowest BCUT2D eigenvalue weighted by atomic mass is 10.2. The van der Waals surface area contributed by atoms with E-state index < -0.39 is 0 Å². The van der Waals surface area contributed by atoms with Crippen LogP contribution in [0.3, 0.4) is 0 Å². The highest BCUT2D eigenvalue weighted by molar-refractivity contribution is 5.93. The molecule has 0 amide bonds. The molecule has 1 aromatic heterocycles. The molecule has 0 radical (unpaired) electrons. The zero-order valence-electron chi connectivity index (χ0n) is 11.4. The molecule has 0 saturated heterocycles. The van der Waals surface area contributed by atoms with Crippen LogP contribution in [-0.4, -0.2) is 22.9 Å². The summed E-state index contributed by atoms with van der Waals surface area (Å²) >= 11 is 0. The SMILES string of the molecule is COc1ccc(COc2nc(C)cc(C(=N)N)n2)cc1. The molecule has 104 valence electrons. The molecular weight excluding hydrogens is 256 g/mol. The third kappa shape index (κ3) is 3.44. The number of nitrogens with zero attached hydrogens (tertiary/aromatic N) is 2. The van der Waals surface area contributed by atoms with Crippen molar-refractivity contribution in [3.05, 3.63) is 47.3 Å². The number of hydrogen-bond donors (Lipinski definition) is 2. The Labute approximate surface area is 117 Å². The normalized spacial score (nSPS) is 10.1. The van der Waals surface area contributed by atoms with Gasteiger partial charge in [-0.05, 0) is 30.7 Å². The fourth-order valence-corrected chi connectivity index (χ4v) is 1.61. The first kappa shape index (κ1) is 13.8. The van der Waals surface area contributed by atoms with Gasteiger partial charge in [0.1, 0.15) is 23.9 Å². The number of nitrogen functional groups attached to an aromatic ring is 1. The molecule has 20 heavy (non-hydrogen) atoms. The summed E-state index contributed by atoms with van der Waals surface area (Å²) in [5.74, 6) is 0.684. The van der Waals surface area contributed by atoms with Crippen LogP contribution >= 0.6 is 0 Å². The number of aromatic nitrogens is 2. The molecule has 0 aliphatic rings. The third-order valence-electron chi connectivity index (χ3n) is 2.64. The van der Waals surface area contributed by atoms with Crippen LogP contribution in [0, 0.1) is 12.3 Å². The van der Waals surface area contributed by atoms with E-state index in [1.807, 2.05) is 24.3 Å². The number of rotatable bonds is 5. The maximum Gasteiger partial charge on any atom is 0.317 e. The molecule has 0 atom stereocenters. The fraction of sp³-hybridized carbons (Fsp3) is 0.214. The van der Waals surface area contributed by atoms with Gasteiger partial charge in [-0.3, -0.25) is 5.41 Å².